The van der Waals surface area contributed by atoms with Crippen LogP contribution in [0.2, 0.25) is 10.0 Å². The van der Waals surface area contributed by atoms with Gasteiger partial charge in [-0.2, -0.15) is 15.0 Å². The van der Waals surface area contributed by atoms with Crippen molar-refractivity contribution in [2.75, 3.05) is 30.4 Å². The van der Waals surface area contributed by atoms with Gasteiger partial charge in [0.15, 0.2) is 5.82 Å². The summed E-state index contributed by atoms with van der Waals surface area (Å²) < 4.78 is 0. The lowest BCUT2D eigenvalue weighted by Gasteiger charge is -2.16. The van der Waals surface area contributed by atoms with Crippen LogP contribution in [0.25, 0.3) is 11.4 Å². The minimum Gasteiger partial charge on any atom is -0.357 e. The Labute approximate surface area is 133 Å². The highest BCUT2D eigenvalue weighted by atomic mass is 35.5. The molecule has 21 heavy (non-hydrogen) atoms. The van der Waals surface area contributed by atoms with Gasteiger partial charge >= 0.3 is 0 Å². The molecule has 0 radical (unpaired) electrons. The second-order valence-electron chi connectivity index (χ2n) is 4.83. The van der Waals surface area contributed by atoms with Gasteiger partial charge in [-0.25, -0.2) is 0 Å². The maximum absolute atomic E-state index is 6.27. The van der Waals surface area contributed by atoms with Crippen LogP contribution in [0.3, 0.4) is 0 Å². The molecule has 1 saturated heterocycles. The average molecular weight is 324 g/mol. The van der Waals surface area contributed by atoms with Crippen LogP contribution in [-0.4, -0.2) is 35.1 Å². The SMILES string of the molecule is CNc1nc(-c2cccc(Cl)c2Cl)nc(N2CCCC2)n1. The number of aromatic nitrogens is 3. The van der Waals surface area contributed by atoms with E-state index in [1.165, 1.54) is 0 Å². The maximum Gasteiger partial charge on any atom is 0.230 e. The Morgan fingerprint density at radius 3 is 2.57 bits per heavy atom. The van der Waals surface area contributed by atoms with E-state index in [2.05, 4.69) is 25.2 Å². The van der Waals surface area contributed by atoms with Crippen LogP contribution in [-0.2, 0) is 0 Å². The average Bonchev–Trinajstić information content (AvgIpc) is 3.04. The Morgan fingerprint density at radius 2 is 1.86 bits per heavy atom. The summed E-state index contributed by atoms with van der Waals surface area (Å²) >= 11 is 12.3. The first-order chi connectivity index (χ1) is 10.2. The lowest BCUT2D eigenvalue weighted by atomic mass is 10.2. The van der Waals surface area contributed by atoms with Crippen molar-refractivity contribution in [3.8, 4) is 11.4 Å². The van der Waals surface area contributed by atoms with Crippen LogP contribution in [0.15, 0.2) is 18.2 Å². The molecular formula is C14H15Cl2N5. The van der Waals surface area contributed by atoms with Crippen molar-refractivity contribution >= 4 is 35.1 Å². The standard InChI is InChI=1S/C14H15Cl2N5/c1-17-13-18-12(9-5-4-6-10(15)11(9)16)19-14(20-13)21-7-2-3-8-21/h4-6H,2-3,7-8H2,1H3,(H,17,18,19,20). The zero-order valence-corrected chi connectivity index (χ0v) is 13.1. The van der Waals surface area contributed by atoms with E-state index in [9.17, 15) is 0 Å². The number of benzene rings is 1. The Balaban J connectivity index is 2.09. The van der Waals surface area contributed by atoms with Gasteiger partial charge in [-0.1, -0.05) is 29.3 Å². The first-order valence-corrected chi connectivity index (χ1v) is 7.58. The summed E-state index contributed by atoms with van der Waals surface area (Å²) in [5, 5.41) is 3.92. The summed E-state index contributed by atoms with van der Waals surface area (Å²) in [4.78, 5) is 15.5. The number of hydrogen-bond acceptors (Lipinski definition) is 5. The molecule has 2 aromatic rings. The van der Waals surface area contributed by atoms with E-state index in [-0.39, 0.29) is 0 Å². The topological polar surface area (TPSA) is 53.9 Å². The predicted molar refractivity (Wildman–Crippen MR) is 86.3 cm³/mol. The van der Waals surface area contributed by atoms with Gasteiger partial charge in [-0.3, -0.25) is 0 Å². The highest BCUT2D eigenvalue weighted by molar-refractivity contribution is 6.43. The molecule has 0 unspecified atom stereocenters. The molecule has 7 heteroatoms. The minimum atomic E-state index is 0.458. The molecule has 1 aliphatic heterocycles. The second-order valence-corrected chi connectivity index (χ2v) is 5.61. The van der Waals surface area contributed by atoms with Gasteiger partial charge in [0, 0.05) is 25.7 Å². The zero-order valence-electron chi connectivity index (χ0n) is 11.6. The molecule has 3 rings (SSSR count). The van der Waals surface area contributed by atoms with E-state index in [0.717, 1.165) is 25.9 Å². The lowest BCUT2D eigenvalue weighted by Crippen LogP contribution is -2.21. The van der Waals surface area contributed by atoms with Crippen LogP contribution < -0.4 is 10.2 Å². The Morgan fingerprint density at radius 1 is 1.10 bits per heavy atom. The van der Waals surface area contributed by atoms with Crippen molar-refractivity contribution in [2.45, 2.75) is 12.8 Å². The first-order valence-electron chi connectivity index (χ1n) is 6.82. The smallest absolute Gasteiger partial charge is 0.230 e. The molecule has 5 nitrogen and oxygen atoms in total. The summed E-state index contributed by atoms with van der Waals surface area (Å²) in [5.74, 6) is 1.74. The number of anilines is 2. The molecule has 0 amide bonds. The molecule has 1 aromatic carbocycles. The molecule has 0 saturated carbocycles. The molecule has 1 fully saturated rings. The maximum atomic E-state index is 6.27. The van der Waals surface area contributed by atoms with Crippen molar-refractivity contribution in [3.63, 3.8) is 0 Å². The largest absolute Gasteiger partial charge is 0.357 e. The van der Waals surface area contributed by atoms with E-state index < -0.39 is 0 Å². The van der Waals surface area contributed by atoms with E-state index in [0.29, 0.717) is 33.3 Å². The van der Waals surface area contributed by atoms with Gasteiger partial charge in [0.25, 0.3) is 0 Å². The molecule has 1 aliphatic rings. The summed E-state index contributed by atoms with van der Waals surface area (Å²) in [6, 6.07) is 5.44. The van der Waals surface area contributed by atoms with Gasteiger partial charge in [0.1, 0.15) is 0 Å². The van der Waals surface area contributed by atoms with Crippen LogP contribution in [0.1, 0.15) is 12.8 Å². The molecule has 0 aliphatic carbocycles. The van der Waals surface area contributed by atoms with E-state index in [4.69, 9.17) is 23.2 Å². The van der Waals surface area contributed by atoms with Gasteiger partial charge < -0.3 is 10.2 Å². The van der Waals surface area contributed by atoms with Crippen LogP contribution in [0.4, 0.5) is 11.9 Å². The number of nitrogens with one attached hydrogen (secondary N) is 1. The number of nitrogens with zero attached hydrogens (tertiary/aromatic N) is 4. The Kier molecular flexibility index (Phi) is 4.12. The minimum absolute atomic E-state index is 0.458. The predicted octanol–water partition coefficient (Wildman–Crippen LogP) is 3.49. The second kappa shape index (κ2) is 6.03. The van der Waals surface area contributed by atoms with Gasteiger partial charge in [0.2, 0.25) is 11.9 Å². The summed E-state index contributed by atoms with van der Waals surface area (Å²) in [5.41, 5.74) is 0.712. The van der Waals surface area contributed by atoms with Crippen molar-refractivity contribution in [3.05, 3.63) is 28.2 Å². The normalized spacial score (nSPS) is 14.5. The fourth-order valence-electron chi connectivity index (χ4n) is 2.33. The summed E-state index contributed by atoms with van der Waals surface area (Å²) in [6.07, 6.45) is 2.32. The number of halogens is 2. The molecule has 0 atom stereocenters. The van der Waals surface area contributed by atoms with E-state index in [1.54, 1.807) is 13.1 Å². The summed E-state index contributed by atoms with van der Waals surface area (Å²) in [7, 11) is 1.78. The first kappa shape index (κ1) is 14.4. The molecule has 1 aromatic heterocycles. The lowest BCUT2D eigenvalue weighted by molar-refractivity contribution is 0.885. The number of rotatable bonds is 3. The third kappa shape index (κ3) is 2.89. The quantitative estimate of drug-likeness (QED) is 0.937. The Bertz CT molecular complexity index is 656. The molecule has 2 heterocycles. The van der Waals surface area contributed by atoms with Crippen molar-refractivity contribution in [1.82, 2.24) is 15.0 Å². The third-order valence-electron chi connectivity index (χ3n) is 3.43. The van der Waals surface area contributed by atoms with Gasteiger partial charge in [-0.05, 0) is 25.0 Å². The van der Waals surface area contributed by atoms with Crippen molar-refractivity contribution in [2.24, 2.45) is 0 Å². The fourth-order valence-corrected chi connectivity index (χ4v) is 2.72. The monoisotopic (exact) mass is 323 g/mol. The van der Waals surface area contributed by atoms with Gasteiger partial charge in [-0.15, -0.1) is 0 Å². The molecule has 0 bridgehead atoms. The molecule has 110 valence electrons. The molecule has 0 spiro atoms. The van der Waals surface area contributed by atoms with Crippen LogP contribution in [0.5, 0.6) is 0 Å². The molecule has 1 N–H and O–H groups in total. The van der Waals surface area contributed by atoms with E-state index in [1.807, 2.05) is 12.1 Å². The molecular weight excluding hydrogens is 309 g/mol. The third-order valence-corrected chi connectivity index (χ3v) is 4.25. The zero-order chi connectivity index (χ0) is 14.8. The van der Waals surface area contributed by atoms with Crippen LogP contribution in [0, 0.1) is 0 Å². The van der Waals surface area contributed by atoms with Crippen LogP contribution >= 0.6 is 23.2 Å². The van der Waals surface area contributed by atoms with Gasteiger partial charge in [0.05, 0.1) is 10.0 Å². The highest BCUT2D eigenvalue weighted by Gasteiger charge is 2.19. The Hall–Kier alpha value is -1.59. The van der Waals surface area contributed by atoms with Crippen molar-refractivity contribution < 1.29 is 0 Å². The van der Waals surface area contributed by atoms with E-state index >= 15 is 0 Å². The fraction of sp³-hybridized carbons (Fsp3) is 0.357. The van der Waals surface area contributed by atoms with Crippen molar-refractivity contribution in [1.29, 1.82) is 0 Å². The number of hydrogen-bond donors (Lipinski definition) is 1. The highest BCUT2D eigenvalue weighted by Crippen LogP contribution is 2.32. The summed E-state index contributed by atoms with van der Waals surface area (Å²) in [6.45, 7) is 1.94.